The number of rotatable bonds is 1. The number of allylic oxidation sites excluding steroid dienone is 1. The molecule has 1 rings (SSSR count). The summed E-state index contributed by atoms with van der Waals surface area (Å²) in [5, 5.41) is 0. The smallest absolute Gasteiger partial charge is 0.0269 e. The predicted molar refractivity (Wildman–Crippen MR) is 29.2 cm³/mol. The van der Waals surface area contributed by atoms with Crippen LogP contribution in [0.2, 0.25) is 0 Å². The average Bonchev–Trinajstić information content (AvgIpc) is 2.44. The molecule has 1 aliphatic rings. The van der Waals surface area contributed by atoms with Crippen LogP contribution in [0.15, 0.2) is 11.9 Å². The Morgan fingerprint density at radius 1 is 1.57 bits per heavy atom. The van der Waals surface area contributed by atoms with Gasteiger partial charge >= 0.3 is 0 Å². The summed E-state index contributed by atoms with van der Waals surface area (Å²) in [4.78, 5) is 0. The van der Waals surface area contributed by atoms with Crippen molar-refractivity contribution < 1.29 is 0 Å². The molecule has 0 saturated heterocycles. The maximum absolute atomic E-state index is 5.41. The second kappa shape index (κ2) is 1.45. The molecule has 0 unspecified atom stereocenters. The van der Waals surface area contributed by atoms with Crippen molar-refractivity contribution in [3.8, 4) is 0 Å². The second-order valence-corrected chi connectivity index (χ2v) is 1.94. The Hall–Kier alpha value is -0.660. The van der Waals surface area contributed by atoms with E-state index in [2.05, 4.69) is 0 Å². The van der Waals surface area contributed by atoms with Gasteiger partial charge in [0.15, 0.2) is 0 Å². The van der Waals surface area contributed by atoms with Gasteiger partial charge in [-0.25, -0.2) is 0 Å². The van der Waals surface area contributed by atoms with E-state index in [4.69, 9.17) is 11.5 Å². The van der Waals surface area contributed by atoms with E-state index in [0.717, 1.165) is 5.70 Å². The van der Waals surface area contributed by atoms with E-state index in [0.29, 0.717) is 5.92 Å². The van der Waals surface area contributed by atoms with Crippen LogP contribution in [0.4, 0.5) is 0 Å². The molecular formula is C5H10N2. The normalized spacial score (nSPS) is 22.6. The number of hydrogen-bond acceptors (Lipinski definition) is 2. The van der Waals surface area contributed by atoms with Crippen molar-refractivity contribution in [2.45, 2.75) is 12.8 Å². The first kappa shape index (κ1) is 4.50. The third-order valence-electron chi connectivity index (χ3n) is 1.24. The van der Waals surface area contributed by atoms with Crippen molar-refractivity contribution in [1.82, 2.24) is 0 Å². The van der Waals surface area contributed by atoms with Crippen molar-refractivity contribution in [2.24, 2.45) is 17.4 Å². The third-order valence-corrected chi connectivity index (χ3v) is 1.24. The highest BCUT2D eigenvalue weighted by Gasteiger charge is 2.23. The van der Waals surface area contributed by atoms with Gasteiger partial charge in [-0.3, -0.25) is 0 Å². The lowest BCUT2D eigenvalue weighted by atomic mass is 10.3. The zero-order valence-electron chi connectivity index (χ0n) is 4.22. The highest BCUT2D eigenvalue weighted by Crippen LogP contribution is 2.32. The van der Waals surface area contributed by atoms with Gasteiger partial charge in [0.2, 0.25) is 0 Å². The van der Waals surface area contributed by atoms with Gasteiger partial charge in [-0.15, -0.1) is 0 Å². The molecule has 4 N–H and O–H groups in total. The molecule has 1 saturated carbocycles. The van der Waals surface area contributed by atoms with Crippen molar-refractivity contribution in [3.63, 3.8) is 0 Å². The lowest BCUT2D eigenvalue weighted by molar-refractivity contribution is 0.971. The lowest BCUT2D eigenvalue weighted by Gasteiger charge is -1.89. The van der Waals surface area contributed by atoms with Crippen LogP contribution in [-0.2, 0) is 0 Å². The molecule has 0 amide bonds. The number of nitrogens with two attached hydrogens (primary N) is 2. The molecule has 0 heterocycles. The third kappa shape index (κ3) is 0.856. The molecule has 0 bridgehead atoms. The fourth-order valence-corrected chi connectivity index (χ4v) is 0.553. The summed E-state index contributed by atoms with van der Waals surface area (Å²) in [7, 11) is 0. The van der Waals surface area contributed by atoms with Crippen molar-refractivity contribution >= 4 is 0 Å². The van der Waals surface area contributed by atoms with Gasteiger partial charge in [0.25, 0.3) is 0 Å². The van der Waals surface area contributed by atoms with Gasteiger partial charge in [0.05, 0.1) is 0 Å². The van der Waals surface area contributed by atoms with Crippen molar-refractivity contribution in [1.29, 1.82) is 0 Å². The summed E-state index contributed by atoms with van der Waals surface area (Å²) in [5.41, 5.74) is 11.4. The quantitative estimate of drug-likeness (QED) is 0.490. The van der Waals surface area contributed by atoms with Gasteiger partial charge in [-0.1, -0.05) is 0 Å². The maximum atomic E-state index is 5.41. The van der Waals surface area contributed by atoms with Gasteiger partial charge < -0.3 is 11.5 Å². The molecular weight excluding hydrogens is 88.1 g/mol. The molecule has 1 fully saturated rings. The van der Waals surface area contributed by atoms with Gasteiger partial charge in [-0.2, -0.15) is 0 Å². The summed E-state index contributed by atoms with van der Waals surface area (Å²) >= 11 is 0. The first-order valence-corrected chi connectivity index (χ1v) is 2.52. The van der Waals surface area contributed by atoms with E-state index in [1.807, 2.05) is 0 Å². The van der Waals surface area contributed by atoms with Crippen molar-refractivity contribution in [2.75, 3.05) is 0 Å². The highest BCUT2D eigenvalue weighted by atomic mass is 14.7. The summed E-state index contributed by atoms with van der Waals surface area (Å²) < 4.78 is 0. The molecule has 0 aromatic carbocycles. The zero-order valence-corrected chi connectivity index (χ0v) is 4.22. The minimum atomic E-state index is 0.630. The fraction of sp³-hybridized carbons (Fsp3) is 0.600. The van der Waals surface area contributed by atoms with Crippen LogP contribution in [0, 0.1) is 5.92 Å². The van der Waals surface area contributed by atoms with E-state index >= 15 is 0 Å². The highest BCUT2D eigenvalue weighted by molar-refractivity contribution is 5.05. The lowest BCUT2D eigenvalue weighted by Crippen LogP contribution is -2.01. The predicted octanol–water partition coefficient (Wildman–Crippen LogP) is 0.155. The summed E-state index contributed by atoms with van der Waals surface area (Å²) in [6.45, 7) is 0. The molecule has 2 nitrogen and oxygen atoms in total. The minimum absolute atomic E-state index is 0.630. The summed E-state index contributed by atoms with van der Waals surface area (Å²) in [6, 6.07) is 0. The first-order chi connectivity index (χ1) is 3.34. The topological polar surface area (TPSA) is 52.0 Å². The molecule has 0 radical (unpaired) electrons. The van der Waals surface area contributed by atoms with Crippen LogP contribution in [0.5, 0.6) is 0 Å². The van der Waals surface area contributed by atoms with E-state index in [9.17, 15) is 0 Å². The molecule has 0 aliphatic heterocycles. The van der Waals surface area contributed by atoms with Crippen LogP contribution >= 0.6 is 0 Å². The SMILES string of the molecule is N/C=C(\N)C1CC1. The Labute approximate surface area is 43.2 Å². The van der Waals surface area contributed by atoms with Crippen LogP contribution in [0.25, 0.3) is 0 Å². The Bertz CT molecular complexity index is 92.3. The van der Waals surface area contributed by atoms with E-state index in [-0.39, 0.29) is 0 Å². The Morgan fingerprint density at radius 3 is 2.29 bits per heavy atom. The van der Waals surface area contributed by atoms with Crippen LogP contribution in [0.1, 0.15) is 12.8 Å². The Kier molecular flexibility index (Phi) is 0.929. The fourth-order valence-electron chi connectivity index (χ4n) is 0.553. The van der Waals surface area contributed by atoms with Gasteiger partial charge in [0, 0.05) is 11.9 Å². The molecule has 2 heteroatoms. The zero-order chi connectivity index (χ0) is 5.28. The van der Waals surface area contributed by atoms with Gasteiger partial charge in [-0.05, 0) is 18.8 Å². The molecule has 0 spiro atoms. The van der Waals surface area contributed by atoms with E-state index in [1.165, 1.54) is 19.0 Å². The molecule has 0 aromatic rings. The van der Waals surface area contributed by atoms with Crippen LogP contribution in [-0.4, -0.2) is 0 Å². The Balaban J connectivity index is 2.37. The molecule has 1 aliphatic carbocycles. The van der Waals surface area contributed by atoms with E-state index in [1.54, 1.807) is 0 Å². The van der Waals surface area contributed by atoms with Crippen LogP contribution < -0.4 is 11.5 Å². The molecule has 0 aromatic heterocycles. The average molecular weight is 98.1 g/mol. The van der Waals surface area contributed by atoms with E-state index < -0.39 is 0 Å². The molecule has 0 atom stereocenters. The standard InChI is InChI=1S/C5H10N2/c6-3-5(7)4-1-2-4/h3-4H,1-2,6-7H2/b5-3-. The summed E-state index contributed by atoms with van der Waals surface area (Å²) in [5.74, 6) is 0.630. The van der Waals surface area contributed by atoms with Crippen LogP contribution in [0.3, 0.4) is 0 Å². The monoisotopic (exact) mass is 98.1 g/mol. The first-order valence-electron chi connectivity index (χ1n) is 2.52. The van der Waals surface area contributed by atoms with Crippen molar-refractivity contribution in [3.05, 3.63) is 11.9 Å². The van der Waals surface area contributed by atoms with Gasteiger partial charge in [0.1, 0.15) is 0 Å². The maximum Gasteiger partial charge on any atom is 0.0269 e. The minimum Gasteiger partial charge on any atom is -0.403 e. The largest absolute Gasteiger partial charge is 0.403 e. The Morgan fingerprint density at radius 2 is 2.14 bits per heavy atom. The number of hydrogen-bond donors (Lipinski definition) is 2. The molecule has 7 heavy (non-hydrogen) atoms. The second-order valence-electron chi connectivity index (χ2n) is 1.94. The summed E-state index contributed by atoms with van der Waals surface area (Å²) in [6.07, 6.45) is 3.97. The molecule has 40 valence electrons.